The maximum atomic E-state index is 13.2. The van der Waals surface area contributed by atoms with Crippen LogP contribution in [0, 0.1) is 11.8 Å². The summed E-state index contributed by atoms with van der Waals surface area (Å²) in [4.78, 5) is 27.5. The number of benzene rings is 1. The Labute approximate surface area is 196 Å². The Morgan fingerprint density at radius 2 is 1.79 bits per heavy atom. The molecule has 0 aliphatic carbocycles. The Morgan fingerprint density at radius 1 is 1.06 bits per heavy atom. The van der Waals surface area contributed by atoms with Crippen molar-refractivity contribution in [2.45, 2.75) is 37.5 Å². The van der Waals surface area contributed by atoms with Crippen molar-refractivity contribution in [2.75, 3.05) is 52.9 Å². The third-order valence-corrected chi connectivity index (χ3v) is 8.72. The molecule has 184 valence electrons. The average Bonchev–Trinajstić information content (AvgIpc) is 3.04. The number of rotatable bonds is 8. The minimum absolute atomic E-state index is 0.0324. The number of hydrogen-bond donors (Lipinski definition) is 1. The lowest BCUT2D eigenvalue weighted by molar-refractivity contribution is -0.139. The molecule has 1 amide bonds. The molecule has 2 saturated heterocycles. The van der Waals surface area contributed by atoms with Crippen LogP contribution in [0.25, 0.3) is 0 Å². The fourth-order valence-corrected chi connectivity index (χ4v) is 6.35. The molecule has 0 aromatic heterocycles. The molecule has 2 atom stereocenters. The minimum atomic E-state index is -3.67. The molecular weight excluding hydrogens is 446 g/mol. The predicted octanol–water partition coefficient (Wildman–Crippen LogP) is 1.74. The maximum Gasteiger partial charge on any atom is 0.303 e. The summed E-state index contributed by atoms with van der Waals surface area (Å²) in [6.07, 6.45) is 2.22. The van der Waals surface area contributed by atoms with Gasteiger partial charge < -0.3 is 19.6 Å². The number of methoxy groups -OCH3 is 1. The van der Waals surface area contributed by atoms with Gasteiger partial charge in [0.15, 0.2) is 0 Å². The first-order chi connectivity index (χ1) is 15.7. The molecule has 33 heavy (non-hydrogen) atoms. The van der Waals surface area contributed by atoms with Gasteiger partial charge in [0.05, 0.1) is 12.0 Å². The highest BCUT2D eigenvalue weighted by atomic mass is 32.2. The van der Waals surface area contributed by atoms with Crippen LogP contribution in [0.3, 0.4) is 0 Å². The van der Waals surface area contributed by atoms with Crippen molar-refractivity contribution in [2.24, 2.45) is 11.8 Å². The van der Waals surface area contributed by atoms with E-state index in [9.17, 15) is 23.1 Å². The average molecular weight is 482 g/mol. The van der Waals surface area contributed by atoms with E-state index in [-0.39, 0.29) is 29.1 Å². The number of amides is 1. The number of carboxylic acid groups (broad SMARTS) is 1. The molecule has 0 spiro atoms. The van der Waals surface area contributed by atoms with Crippen LogP contribution in [-0.4, -0.2) is 92.4 Å². The van der Waals surface area contributed by atoms with Crippen LogP contribution in [-0.2, 0) is 19.6 Å². The second-order valence-electron chi connectivity index (χ2n) is 8.94. The summed E-state index contributed by atoms with van der Waals surface area (Å²) in [5.74, 6) is -0.248. The first kappa shape index (κ1) is 25.5. The molecule has 2 aliphatic rings. The van der Waals surface area contributed by atoms with Crippen molar-refractivity contribution in [1.29, 1.82) is 0 Å². The Balaban J connectivity index is 1.67. The molecular formula is C23H35N3O6S. The van der Waals surface area contributed by atoms with E-state index in [0.717, 1.165) is 39.0 Å². The van der Waals surface area contributed by atoms with Gasteiger partial charge in [0.2, 0.25) is 15.9 Å². The van der Waals surface area contributed by atoms with Crippen LogP contribution in [0.5, 0.6) is 5.75 Å². The minimum Gasteiger partial charge on any atom is -0.497 e. The molecule has 1 aromatic carbocycles. The van der Waals surface area contributed by atoms with Crippen LogP contribution in [0.2, 0.25) is 0 Å². The number of piperidine rings is 1. The lowest BCUT2D eigenvalue weighted by Crippen LogP contribution is -2.45. The normalized spacial score (nSPS) is 23.2. The molecule has 1 N–H and O–H groups in total. The van der Waals surface area contributed by atoms with Gasteiger partial charge in [0, 0.05) is 46.1 Å². The predicted molar refractivity (Wildman–Crippen MR) is 124 cm³/mol. The fourth-order valence-electron chi connectivity index (χ4n) is 4.84. The number of aliphatic carboxylic acids is 1. The number of hydrogen-bond acceptors (Lipinski definition) is 6. The SMILES string of the molecule is COc1ccc(S(=O)(=O)N2CCC(CC(=O)O)C(CCN3CCCN(C(C)=O)CC3)C2)cc1. The monoisotopic (exact) mass is 481 g/mol. The van der Waals surface area contributed by atoms with Crippen LogP contribution in [0.4, 0.5) is 0 Å². The zero-order valence-electron chi connectivity index (χ0n) is 19.5. The quantitative estimate of drug-likeness (QED) is 0.603. The second-order valence-corrected chi connectivity index (χ2v) is 10.9. The zero-order valence-corrected chi connectivity index (χ0v) is 20.3. The van der Waals surface area contributed by atoms with Gasteiger partial charge >= 0.3 is 5.97 Å². The number of ether oxygens (including phenoxy) is 1. The van der Waals surface area contributed by atoms with E-state index < -0.39 is 16.0 Å². The van der Waals surface area contributed by atoms with Crippen molar-refractivity contribution < 1.29 is 27.9 Å². The first-order valence-electron chi connectivity index (χ1n) is 11.5. The highest BCUT2D eigenvalue weighted by Gasteiger charge is 2.36. The zero-order chi connectivity index (χ0) is 24.0. The molecule has 2 fully saturated rings. The van der Waals surface area contributed by atoms with Crippen LogP contribution in [0.15, 0.2) is 29.2 Å². The number of sulfonamides is 1. The van der Waals surface area contributed by atoms with E-state index >= 15 is 0 Å². The molecule has 9 nitrogen and oxygen atoms in total. The molecule has 0 saturated carbocycles. The third kappa shape index (κ3) is 6.68. The van der Waals surface area contributed by atoms with E-state index in [1.54, 1.807) is 31.2 Å². The molecule has 2 aliphatic heterocycles. The summed E-state index contributed by atoms with van der Waals surface area (Å²) in [7, 11) is -2.13. The summed E-state index contributed by atoms with van der Waals surface area (Å²) in [5.41, 5.74) is 0. The smallest absolute Gasteiger partial charge is 0.303 e. The van der Waals surface area contributed by atoms with Crippen molar-refractivity contribution >= 4 is 21.9 Å². The Bertz CT molecular complexity index is 921. The molecule has 2 heterocycles. The van der Waals surface area contributed by atoms with Crippen LogP contribution < -0.4 is 4.74 Å². The van der Waals surface area contributed by atoms with Crippen molar-refractivity contribution in [3.05, 3.63) is 24.3 Å². The first-order valence-corrected chi connectivity index (χ1v) is 13.0. The van der Waals surface area contributed by atoms with E-state index in [0.29, 0.717) is 31.8 Å². The van der Waals surface area contributed by atoms with Crippen LogP contribution in [0.1, 0.15) is 32.6 Å². The summed E-state index contributed by atoms with van der Waals surface area (Å²) in [6, 6.07) is 6.35. The van der Waals surface area contributed by atoms with Gasteiger partial charge in [-0.1, -0.05) is 0 Å². The largest absolute Gasteiger partial charge is 0.497 e. The summed E-state index contributed by atoms with van der Waals surface area (Å²) in [6.45, 7) is 6.10. The maximum absolute atomic E-state index is 13.2. The van der Waals surface area contributed by atoms with E-state index in [2.05, 4.69) is 4.90 Å². The van der Waals surface area contributed by atoms with Crippen molar-refractivity contribution in [3.8, 4) is 5.75 Å². The van der Waals surface area contributed by atoms with Crippen molar-refractivity contribution in [3.63, 3.8) is 0 Å². The fraction of sp³-hybridized carbons (Fsp3) is 0.652. The van der Waals surface area contributed by atoms with Gasteiger partial charge in [-0.05, 0) is 68.5 Å². The highest BCUT2D eigenvalue weighted by Crippen LogP contribution is 2.33. The number of nitrogens with zero attached hydrogens (tertiary/aromatic N) is 3. The molecule has 2 unspecified atom stereocenters. The van der Waals surface area contributed by atoms with Crippen molar-refractivity contribution in [1.82, 2.24) is 14.1 Å². The van der Waals surface area contributed by atoms with Gasteiger partial charge in [-0.3, -0.25) is 9.59 Å². The van der Waals surface area contributed by atoms with Gasteiger partial charge in [0.25, 0.3) is 0 Å². The molecule has 10 heteroatoms. The third-order valence-electron chi connectivity index (χ3n) is 6.84. The van der Waals surface area contributed by atoms with E-state index in [1.165, 1.54) is 11.4 Å². The Morgan fingerprint density at radius 3 is 2.42 bits per heavy atom. The van der Waals surface area contributed by atoms with Crippen LogP contribution >= 0.6 is 0 Å². The molecule has 3 rings (SSSR count). The standard InChI is InChI=1S/C23H35N3O6S/c1-18(27)25-11-3-10-24(14-15-25)12-8-20-17-26(13-9-19(20)16-23(28)29)33(30,31)22-6-4-21(32-2)5-7-22/h4-7,19-20H,3,8-17H2,1-2H3,(H,28,29). The molecule has 0 radical (unpaired) electrons. The molecule has 0 bridgehead atoms. The second kappa shape index (κ2) is 11.3. The number of carbonyl (C=O) groups excluding carboxylic acids is 1. The summed E-state index contributed by atoms with van der Waals surface area (Å²) >= 11 is 0. The summed E-state index contributed by atoms with van der Waals surface area (Å²) < 4.78 is 33.1. The van der Waals surface area contributed by atoms with E-state index in [4.69, 9.17) is 4.74 Å². The highest BCUT2D eigenvalue weighted by molar-refractivity contribution is 7.89. The van der Waals surface area contributed by atoms with Gasteiger partial charge in [-0.15, -0.1) is 0 Å². The van der Waals surface area contributed by atoms with E-state index in [1.807, 2.05) is 4.90 Å². The Hall–Kier alpha value is -2.17. The number of carboxylic acids is 1. The van der Waals surface area contributed by atoms with Gasteiger partial charge in [-0.25, -0.2) is 8.42 Å². The lowest BCUT2D eigenvalue weighted by atomic mass is 9.82. The van der Waals surface area contributed by atoms with Gasteiger partial charge in [0.1, 0.15) is 5.75 Å². The number of carbonyl (C=O) groups is 2. The lowest BCUT2D eigenvalue weighted by Gasteiger charge is -2.38. The van der Waals surface area contributed by atoms with Gasteiger partial charge in [-0.2, -0.15) is 4.31 Å². The Kier molecular flexibility index (Phi) is 8.72. The molecule has 1 aromatic rings. The topological polar surface area (TPSA) is 107 Å². The summed E-state index contributed by atoms with van der Waals surface area (Å²) in [5, 5.41) is 9.38.